The van der Waals surface area contributed by atoms with E-state index in [0.717, 1.165) is 10.5 Å². The van der Waals surface area contributed by atoms with Crippen molar-refractivity contribution in [1.82, 2.24) is 10.2 Å². The highest BCUT2D eigenvalue weighted by molar-refractivity contribution is 6.08. The van der Waals surface area contributed by atoms with E-state index < -0.39 is 30.0 Å². The molecule has 1 N–H and O–H groups in total. The summed E-state index contributed by atoms with van der Waals surface area (Å²) >= 11 is 0. The van der Waals surface area contributed by atoms with Crippen molar-refractivity contribution in [3.8, 4) is 6.07 Å². The molecule has 0 radical (unpaired) electrons. The fourth-order valence-electron chi connectivity index (χ4n) is 2.94. The Balaban J connectivity index is 1.64. The summed E-state index contributed by atoms with van der Waals surface area (Å²) in [4.78, 5) is 38.1. The number of hydrogen-bond donors (Lipinski definition) is 1. The highest BCUT2D eigenvalue weighted by Gasteiger charge is 2.49. The van der Waals surface area contributed by atoms with E-state index in [9.17, 15) is 14.4 Å². The Kier molecular flexibility index (Phi) is 5.14. The van der Waals surface area contributed by atoms with E-state index in [2.05, 4.69) is 5.32 Å². The summed E-state index contributed by atoms with van der Waals surface area (Å²) in [6.45, 7) is 3.06. The van der Waals surface area contributed by atoms with E-state index >= 15 is 0 Å². The third-order valence-electron chi connectivity index (χ3n) is 4.67. The number of imide groups is 1. The number of carbonyl (C=O) groups excluding carboxylic acids is 3. The summed E-state index contributed by atoms with van der Waals surface area (Å²) in [5.41, 5.74) is 1.66. The third-order valence-corrected chi connectivity index (χ3v) is 4.67. The number of amides is 3. The Hall–Kier alpha value is -3.66. The normalized spacial score (nSPS) is 18.5. The highest BCUT2D eigenvalue weighted by Crippen LogP contribution is 2.28. The summed E-state index contributed by atoms with van der Waals surface area (Å²) in [7, 11) is 0. The number of esters is 1. The second kappa shape index (κ2) is 7.53. The van der Waals surface area contributed by atoms with Gasteiger partial charge in [0.2, 0.25) is 0 Å². The standard InChI is InChI=1S/C21H19N3O4/c1-14-3-9-17(10-4-14)21(2)19(26)24(20(27)23-21)12-18(25)28-13-16-7-5-15(11-22)6-8-16/h3-10H,12-13H2,1-2H3,(H,23,27)/t21-/m1/s1. The average Bonchev–Trinajstić information content (AvgIpc) is 2.91. The summed E-state index contributed by atoms with van der Waals surface area (Å²) < 4.78 is 5.15. The minimum Gasteiger partial charge on any atom is -0.459 e. The van der Waals surface area contributed by atoms with Gasteiger partial charge in [-0.25, -0.2) is 4.79 Å². The molecule has 2 aromatic rings. The largest absolute Gasteiger partial charge is 0.459 e. The Morgan fingerprint density at radius 3 is 2.39 bits per heavy atom. The second-order valence-corrected chi connectivity index (χ2v) is 6.78. The van der Waals surface area contributed by atoms with Crippen LogP contribution < -0.4 is 5.32 Å². The van der Waals surface area contributed by atoms with Gasteiger partial charge in [-0.2, -0.15) is 5.26 Å². The molecule has 1 aliphatic rings. The topological polar surface area (TPSA) is 99.5 Å². The van der Waals surface area contributed by atoms with Crippen LogP contribution in [0.1, 0.15) is 29.2 Å². The Morgan fingerprint density at radius 2 is 1.79 bits per heavy atom. The van der Waals surface area contributed by atoms with Crippen molar-refractivity contribution >= 4 is 17.9 Å². The number of carbonyl (C=O) groups is 3. The molecule has 0 aromatic heterocycles. The molecule has 3 amide bonds. The molecule has 1 aliphatic heterocycles. The van der Waals surface area contributed by atoms with Gasteiger partial charge >= 0.3 is 12.0 Å². The summed E-state index contributed by atoms with van der Waals surface area (Å²) in [5, 5.41) is 11.4. The van der Waals surface area contributed by atoms with Crippen LogP contribution in [0.2, 0.25) is 0 Å². The number of aryl methyl sites for hydroxylation is 1. The molecule has 1 fully saturated rings. The number of ether oxygens (including phenoxy) is 1. The van der Waals surface area contributed by atoms with E-state index in [1.165, 1.54) is 0 Å². The van der Waals surface area contributed by atoms with Gasteiger partial charge in [-0.3, -0.25) is 14.5 Å². The molecule has 0 unspecified atom stereocenters. The number of benzene rings is 2. The monoisotopic (exact) mass is 377 g/mol. The molecule has 1 saturated heterocycles. The SMILES string of the molecule is Cc1ccc([C@@]2(C)NC(=O)N(CC(=O)OCc3ccc(C#N)cc3)C2=O)cc1. The van der Waals surface area contributed by atoms with Gasteiger partial charge < -0.3 is 10.1 Å². The van der Waals surface area contributed by atoms with Crippen LogP contribution >= 0.6 is 0 Å². The third kappa shape index (κ3) is 3.71. The molecular weight excluding hydrogens is 358 g/mol. The molecule has 1 heterocycles. The molecule has 0 saturated carbocycles. The van der Waals surface area contributed by atoms with Crippen molar-refractivity contribution in [3.63, 3.8) is 0 Å². The van der Waals surface area contributed by atoms with Crippen molar-refractivity contribution in [2.45, 2.75) is 26.0 Å². The van der Waals surface area contributed by atoms with Crippen molar-refractivity contribution in [3.05, 3.63) is 70.8 Å². The second-order valence-electron chi connectivity index (χ2n) is 6.78. The van der Waals surface area contributed by atoms with Gasteiger partial charge in [0.1, 0.15) is 18.7 Å². The van der Waals surface area contributed by atoms with Gasteiger partial charge in [0.05, 0.1) is 11.6 Å². The first-order valence-corrected chi connectivity index (χ1v) is 8.69. The highest BCUT2D eigenvalue weighted by atomic mass is 16.5. The smallest absolute Gasteiger partial charge is 0.326 e. The Labute approximate surface area is 162 Å². The molecular formula is C21H19N3O4. The van der Waals surface area contributed by atoms with Crippen molar-refractivity contribution < 1.29 is 19.1 Å². The predicted octanol–water partition coefficient (Wildman–Crippen LogP) is 2.38. The van der Waals surface area contributed by atoms with Crippen molar-refractivity contribution in [2.24, 2.45) is 0 Å². The molecule has 3 rings (SSSR count). The number of nitrogens with zero attached hydrogens (tertiary/aromatic N) is 2. The molecule has 28 heavy (non-hydrogen) atoms. The molecule has 0 aliphatic carbocycles. The van der Waals surface area contributed by atoms with Crippen LogP contribution in [0.25, 0.3) is 0 Å². The van der Waals surface area contributed by atoms with Gasteiger partial charge in [0, 0.05) is 0 Å². The molecule has 0 spiro atoms. The lowest BCUT2D eigenvalue weighted by molar-refractivity contribution is -0.148. The van der Waals surface area contributed by atoms with Crippen LogP contribution in [0.3, 0.4) is 0 Å². The maximum Gasteiger partial charge on any atom is 0.326 e. The number of nitriles is 1. The molecule has 2 aromatic carbocycles. The maximum absolute atomic E-state index is 12.8. The fourth-order valence-corrected chi connectivity index (χ4v) is 2.94. The zero-order chi connectivity index (χ0) is 20.3. The van der Waals surface area contributed by atoms with Crippen LogP contribution in [-0.4, -0.2) is 29.4 Å². The van der Waals surface area contributed by atoms with Gasteiger partial charge in [-0.1, -0.05) is 42.0 Å². The van der Waals surface area contributed by atoms with Crippen LogP contribution in [-0.2, 0) is 26.5 Å². The fraction of sp³-hybridized carbons (Fsp3) is 0.238. The maximum atomic E-state index is 12.8. The first-order chi connectivity index (χ1) is 13.3. The van der Waals surface area contributed by atoms with Crippen LogP contribution in [0, 0.1) is 18.3 Å². The van der Waals surface area contributed by atoms with Crippen molar-refractivity contribution in [1.29, 1.82) is 5.26 Å². The number of hydrogen-bond acceptors (Lipinski definition) is 5. The minimum atomic E-state index is -1.22. The molecule has 1 atom stereocenters. The van der Waals surface area contributed by atoms with Crippen molar-refractivity contribution in [2.75, 3.05) is 6.54 Å². The van der Waals surface area contributed by atoms with Gasteiger partial charge in [-0.15, -0.1) is 0 Å². The summed E-state index contributed by atoms with van der Waals surface area (Å²) in [5.74, 6) is -1.20. The zero-order valence-corrected chi connectivity index (χ0v) is 15.6. The van der Waals surface area contributed by atoms with E-state index in [0.29, 0.717) is 16.7 Å². The number of rotatable bonds is 5. The number of nitrogens with one attached hydrogen (secondary N) is 1. The van der Waals surface area contributed by atoms with Gasteiger partial charge in [0.15, 0.2) is 0 Å². The molecule has 7 heteroatoms. The summed E-state index contributed by atoms with van der Waals surface area (Å²) in [6.07, 6.45) is 0. The quantitative estimate of drug-likeness (QED) is 0.637. The molecule has 0 bridgehead atoms. The first kappa shape index (κ1) is 19.1. The van der Waals surface area contributed by atoms with E-state index in [4.69, 9.17) is 10.00 Å². The first-order valence-electron chi connectivity index (χ1n) is 8.69. The average molecular weight is 377 g/mol. The Morgan fingerprint density at radius 1 is 1.14 bits per heavy atom. The number of urea groups is 1. The molecule has 142 valence electrons. The van der Waals surface area contributed by atoms with Gasteiger partial charge in [0.25, 0.3) is 5.91 Å². The van der Waals surface area contributed by atoms with Crippen LogP contribution in [0.5, 0.6) is 0 Å². The lowest BCUT2D eigenvalue weighted by Crippen LogP contribution is -2.41. The zero-order valence-electron chi connectivity index (χ0n) is 15.6. The minimum absolute atomic E-state index is 0.0105. The van der Waals surface area contributed by atoms with E-state index in [1.54, 1.807) is 43.3 Å². The van der Waals surface area contributed by atoms with Crippen LogP contribution in [0.4, 0.5) is 4.79 Å². The molecule has 7 nitrogen and oxygen atoms in total. The Bertz CT molecular complexity index is 961. The van der Waals surface area contributed by atoms with E-state index in [1.807, 2.05) is 25.1 Å². The van der Waals surface area contributed by atoms with E-state index in [-0.39, 0.29) is 6.61 Å². The lowest BCUT2D eigenvalue weighted by atomic mass is 9.91. The lowest BCUT2D eigenvalue weighted by Gasteiger charge is -2.22. The van der Waals surface area contributed by atoms with Gasteiger partial charge in [-0.05, 0) is 37.1 Å². The summed E-state index contributed by atoms with van der Waals surface area (Å²) in [6, 6.07) is 15.2. The van der Waals surface area contributed by atoms with Crippen LogP contribution in [0.15, 0.2) is 48.5 Å². The predicted molar refractivity (Wildman–Crippen MR) is 99.7 cm³/mol.